The van der Waals surface area contributed by atoms with E-state index in [1.165, 1.54) is 4.57 Å². The van der Waals surface area contributed by atoms with Crippen LogP contribution in [0.3, 0.4) is 0 Å². The van der Waals surface area contributed by atoms with Crippen molar-refractivity contribution >= 4 is 17.3 Å². The van der Waals surface area contributed by atoms with Crippen molar-refractivity contribution in [3.05, 3.63) is 103 Å². The van der Waals surface area contributed by atoms with Gasteiger partial charge in [0.2, 0.25) is 0 Å². The molecule has 2 aliphatic rings. The van der Waals surface area contributed by atoms with Gasteiger partial charge in [0.1, 0.15) is 17.0 Å². The summed E-state index contributed by atoms with van der Waals surface area (Å²) in [6, 6.07) is 15.4. The van der Waals surface area contributed by atoms with E-state index < -0.39 is 17.2 Å². The van der Waals surface area contributed by atoms with Gasteiger partial charge < -0.3 is 5.11 Å². The molecule has 1 unspecified atom stereocenters. The van der Waals surface area contributed by atoms with Crippen LogP contribution in [0.2, 0.25) is 0 Å². The lowest BCUT2D eigenvalue weighted by Gasteiger charge is -2.23. The number of aryl methyl sites for hydroxylation is 1. The predicted molar refractivity (Wildman–Crippen MR) is 106 cm³/mol. The Bertz CT molecular complexity index is 1340. The number of fused-ring (bicyclic) bond motifs is 4. The van der Waals surface area contributed by atoms with Crippen molar-refractivity contribution in [1.82, 2.24) is 9.55 Å². The number of nitrogens with one attached hydrogen (secondary N) is 2. The van der Waals surface area contributed by atoms with E-state index in [4.69, 9.17) is 0 Å². The first-order valence-corrected chi connectivity index (χ1v) is 9.04. The molecule has 1 aliphatic heterocycles. The summed E-state index contributed by atoms with van der Waals surface area (Å²) < 4.78 is 1.40. The summed E-state index contributed by atoms with van der Waals surface area (Å²) >= 11 is 0. The zero-order valence-electron chi connectivity index (χ0n) is 15.4. The van der Waals surface area contributed by atoms with Crippen LogP contribution in [0.25, 0.3) is 5.76 Å². The molecular weight excluding hydrogens is 354 g/mol. The van der Waals surface area contributed by atoms with Crippen LogP contribution in [0.1, 0.15) is 33.7 Å². The van der Waals surface area contributed by atoms with Gasteiger partial charge in [0.15, 0.2) is 0 Å². The molecule has 138 valence electrons. The number of aliphatic hydroxyl groups excluding tert-OH is 1. The van der Waals surface area contributed by atoms with Gasteiger partial charge in [-0.3, -0.25) is 9.78 Å². The normalized spacial score (nSPS) is 17.1. The zero-order chi connectivity index (χ0) is 19.6. The Labute approximate surface area is 160 Å². The molecule has 0 saturated carbocycles. The Morgan fingerprint density at radius 1 is 1.07 bits per heavy atom. The Kier molecular flexibility index (Phi) is 3.34. The van der Waals surface area contributed by atoms with E-state index in [0.717, 1.165) is 22.4 Å². The SMILES string of the molecule is Cc1cccc(C2C3=C(O)c4ccccc4C3=[NH+]c3c2c(=O)[nH]c(=O)n3C)c1. The van der Waals surface area contributed by atoms with Gasteiger partial charge in [0.25, 0.3) is 11.4 Å². The Morgan fingerprint density at radius 3 is 2.57 bits per heavy atom. The van der Waals surface area contributed by atoms with Gasteiger partial charge >= 0.3 is 5.69 Å². The molecule has 1 atom stereocenters. The quantitative estimate of drug-likeness (QED) is 0.596. The van der Waals surface area contributed by atoms with E-state index in [1.54, 1.807) is 7.05 Å². The van der Waals surface area contributed by atoms with Gasteiger partial charge in [-0.05, 0) is 18.6 Å². The molecular formula is C22H18N3O3+. The fourth-order valence-corrected chi connectivity index (χ4v) is 4.23. The Morgan fingerprint density at radius 2 is 1.82 bits per heavy atom. The number of aromatic amines is 1. The van der Waals surface area contributed by atoms with Crippen LogP contribution in [-0.4, -0.2) is 20.4 Å². The summed E-state index contributed by atoms with van der Waals surface area (Å²) in [5.41, 5.74) is 4.38. The Balaban J connectivity index is 1.94. The maximum atomic E-state index is 12.9. The summed E-state index contributed by atoms with van der Waals surface area (Å²) in [6.45, 7) is 1.98. The molecule has 0 fully saturated rings. The molecule has 6 nitrogen and oxygen atoms in total. The molecule has 0 amide bonds. The number of hydrogen-bond acceptors (Lipinski definition) is 3. The summed E-state index contributed by atoms with van der Waals surface area (Å²) in [7, 11) is 1.62. The number of aliphatic hydroxyl groups is 1. The average Bonchev–Trinajstić information content (AvgIpc) is 2.97. The van der Waals surface area contributed by atoms with Crippen LogP contribution in [0, 0.1) is 6.92 Å². The molecule has 3 N–H and O–H groups in total. The third kappa shape index (κ3) is 2.11. The van der Waals surface area contributed by atoms with Crippen LogP contribution < -0.4 is 16.2 Å². The van der Waals surface area contributed by atoms with Crippen molar-refractivity contribution in [2.45, 2.75) is 12.8 Å². The third-order valence-corrected chi connectivity index (χ3v) is 5.53. The molecule has 5 rings (SSSR count). The second kappa shape index (κ2) is 5.66. The highest BCUT2D eigenvalue weighted by Gasteiger charge is 2.43. The minimum atomic E-state index is -0.492. The van der Waals surface area contributed by atoms with E-state index in [2.05, 4.69) is 9.98 Å². The summed E-state index contributed by atoms with van der Waals surface area (Å²) in [4.78, 5) is 30.7. The zero-order valence-corrected chi connectivity index (χ0v) is 15.4. The lowest BCUT2D eigenvalue weighted by molar-refractivity contribution is -0.363. The monoisotopic (exact) mass is 372 g/mol. The van der Waals surface area contributed by atoms with Crippen molar-refractivity contribution in [2.24, 2.45) is 7.05 Å². The lowest BCUT2D eigenvalue weighted by atomic mass is 9.81. The number of aromatic nitrogens is 2. The lowest BCUT2D eigenvalue weighted by Crippen LogP contribution is -2.72. The Hall–Kier alpha value is -3.67. The van der Waals surface area contributed by atoms with E-state index >= 15 is 0 Å². The fraction of sp³-hybridized carbons (Fsp3) is 0.136. The second-order valence-corrected chi connectivity index (χ2v) is 7.24. The minimum absolute atomic E-state index is 0.156. The smallest absolute Gasteiger partial charge is 0.415 e. The summed E-state index contributed by atoms with van der Waals surface area (Å²) in [5, 5.41) is 11.1. The van der Waals surface area contributed by atoms with E-state index in [0.29, 0.717) is 22.5 Å². The molecule has 0 spiro atoms. The van der Waals surface area contributed by atoms with Crippen LogP contribution >= 0.6 is 0 Å². The third-order valence-electron chi connectivity index (χ3n) is 5.53. The molecule has 0 radical (unpaired) electrons. The maximum absolute atomic E-state index is 12.9. The first-order chi connectivity index (χ1) is 13.5. The van der Waals surface area contributed by atoms with Gasteiger partial charge in [-0.1, -0.05) is 48.0 Å². The molecule has 0 bridgehead atoms. The molecule has 6 heteroatoms. The molecule has 1 aromatic heterocycles. The molecule has 0 saturated heterocycles. The highest BCUT2D eigenvalue weighted by molar-refractivity contribution is 6.21. The van der Waals surface area contributed by atoms with Crippen LogP contribution in [-0.2, 0) is 7.05 Å². The maximum Gasteiger partial charge on any atom is 0.415 e. The number of nitrogens with zero attached hydrogens (tertiary/aromatic N) is 1. The number of benzene rings is 2. The molecule has 28 heavy (non-hydrogen) atoms. The van der Waals surface area contributed by atoms with Gasteiger partial charge in [0, 0.05) is 11.1 Å². The number of H-pyrrole nitrogens is 1. The minimum Gasteiger partial charge on any atom is -0.507 e. The van der Waals surface area contributed by atoms with Crippen molar-refractivity contribution in [2.75, 3.05) is 0 Å². The van der Waals surface area contributed by atoms with Crippen LogP contribution in [0.15, 0.2) is 63.7 Å². The van der Waals surface area contributed by atoms with Crippen molar-refractivity contribution in [1.29, 1.82) is 0 Å². The first kappa shape index (κ1) is 16.5. The van der Waals surface area contributed by atoms with Gasteiger partial charge in [-0.15, -0.1) is 0 Å². The largest absolute Gasteiger partial charge is 0.507 e. The number of hydrogen-bond donors (Lipinski definition) is 3. The van der Waals surface area contributed by atoms with Crippen molar-refractivity contribution in [3.8, 4) is 0 Å². The van der Waals surface area contributed by atoms with Crippen molar-refractivity contribution < 1.29 is 10.1 Å². The molecule has 2 heterocycles. The summed E-state index contributed by atoms with van der Waals surface area (Å²) in [6.07, 6.45) is 0. The highest BCUT2D eigenvalue weighted by atomic mass is 16.3. The molecule has 2 aromatic carbocycles. The first-order valence-electron chi connectivity index (χ1n) is 9.04. The highest BCUT2D eigenvalue weighted by Crippen LogP contribution is 2.43. The topological polar surface area (TPSA) is 89.1 Å². The van der Waals surface area contributed by atoms with Gasteiger partial charge in [-0.25, -0.2) is 9.79 Å². The standard InChI is InChI=1S/C22H17N3O3/c1-11-6-5-7-12(10-11)15-16-18(13-8-3-4-9-14(13)19(16)26)23-20-17(15)21(27)24-22(28)25(20)2/h3-10,15,26H,1-2H3,(H,24,27,28)/p+1. The van der Waals surface area contributed by atoms with E-state index in [1.807, 2.05) is 55.5 Å². The average molecular weight is 372 g/mol. The number of allylic oxidation sites excluding steroid dienone is 1. The van der Waals surface area contributed by atoms with E-state index in [9.17, 15) is 14.7 Å². The van der Waals surface area contributed by atoms with Crippen molar-refractivity contribution in [3.63, 3.8) is 0 Å². The van der Waals surface area contributed by atoms with Gasteiger partial charge in [-0.2, -0.15) is 4.57 Å². The second-order valence-electron chi connectivity index (χ2n) is 7.24. The van der Waals surface area contributed by atoms with E-state index in [-0.39, 0.29) is 5.76 Å². The van der Waals surface area contributed by atoms with Crippen LogP contribution in [0.4, 0.5) is 5.82 Å². The molecule has 1 aliphatic carbocycles. The van der Waals surface area contributed by atoms with Crippen LogP contribution in [0.5, 0.6) is 0 Å². The fourth-order valence-electron chi connectivity index (χ4n) is 4.23. The molecule has 3 aromatic rings. The number of rotatable bonds is 1. The summed E-state index contributed by atoms with van der Waals surface area (Å²) in [5.74, 6) is 0.112. The van der Waals surface area contributed by atoms with Gasteiger partial charge in [0.05, 0.1) is 18.5 Å². The predicted octanol–water partition coefficient (Wildman–Crippen LogP) is 1.01.